The lowest BCUT2D eigenvalue weighted by atomic mass is 10.1. The first-order chi connectivity index (χ1) is 9.06. The summed E-state index contributed by atoms with van der Waals surface area (Å²) in [6.45, 7) is 1.92. The van der Waals surface area contributed by atoms with Crippen LogP contribution in [0.2, 0.25) is 0 Å². The summed E-state index contributed by atoms with van der Waals surface area (Å²) in [5, 5.41) is 0. The van der Waals surface area contributed by atoms with Crippen molar-refractivity contribution in [2.45, 2.75) is 13.5 Å². The van der Waals surface area contributed by atoms with Crippen molar-refractivity contribution in [3.05, 3.63) is 58.1 Å². The Hall–Kier alpha value is -1.81. The SMILES string of the molecule is CC(=O)c1cc(N)ccc1OCc1ccc(Br)cc1. The summed E-state index contributed by atoms with van der Waals surface area (Å²) < 4.78 is 6.71. The summed E-state index contributed by atoms with van der Waals surface area (Å²) in [5.41, 5.74) is 7.78. The van der Waals surface area contributed by atoms with E-state index in [4.69, 9.17) is 10.5 Å². The van der Waals surface area contributed by atoms with E-state index in [1.165, 1.54) is 6.92 Å². The second kappa shape index (κ2) is 5.89. The molecule has 2 aromatic rings. The third-order valence-electron chi connectivity index (χ3n) is 2.69. The highest BCUT2D eigenvalue weighted by molar-refractivity contribution is 9.10. The predicted octanol–water partition coefficient (Wildman–Crippen LogP) is 3.81. The molecule has 4 heteroatoms. The van der Waals surface area contributed by atoms with E-state index >= 15 is 0 Å². The van der Waals surface area contributed by atoms with Gasteiger partial charge in [-0.3, -0.25) is 4.79 Å². The molecule has 19 heavy (non-hydrogen) atoms. The van der Waals surface area contributed by atoms with E-state index in [9.17, 15) is 4.79 Å². The van der Waals surface area contributed by atoms with Crippen LogP contribution in [0.5, 0.6) is 5.75 Å². The zero-order valence-corrected chi connectivity index (χ0v) is 12.1. The number of carbonyl (C=O) groups is 1. The number of anilines is 1. The van der Waals surface area contributed by atoms with Crippen LogP contribution in [0.15, 0.2) is 46.9 Å². The smallest absolute Gasteiger partial charge is 0.163 e. The molecule has 2 aromatic carbocycles. The van der Waals surface area contributed by atoms with Crippen molar-refractivity contribution >= 4 is 27.4 Å². The van der Waals surface area contributed by atoms with Crippen LogP contribution in [0.1, 0.15) is 22.8 Å². The minimum absolute atomic E-state index is 0.0573. The number of carbonyl (C=O) groups excluding carboxylic acids is 1. The Morgan fingerprint density at radius 1 is 1.21 bits per heavy atom. The molecule has 98 valence electrons. The van der Waals surface area contributed by atoms with E-state index in [-0.39, 0.29) is 5.78 Å². The first-order valence-electron chi connectivity index (χ1n) is 5.84. The molecule has 0 atom stereocenters. The van der Waals surface area contributed by atoms with Crippen LogP contribution in [0, 0.1) is 0 Å². The van der Waals surface area contributed by atoms with Gasteiger partial charge in [0.25, 0.3) is 0 Å². The highest BCUT2D eigenvalue weighted by atomic mass is 79.9. The molecule has 0 heterocycles. The maximum absolute atomic E-state index is 11.5. The largest absolute Gasteiger partial charge is 0.488 e. The van der Waals surface area contributed by atoms with Gasteiger partial charge in [0.05, 0.1) is 5.56 Å². The van der Waals surface area contributed by atoms with Crippen molar-refractivity contribution in [1.29, 1.82) is 0 Å². The van der Waals surface area contributed by atoms with Gasteiger partial charge in [-0.25, -0.2) is 0 Å². The maximum Gasteiger partial charge on any atom is 0.163 e. The minimum atomic E-state index is -0.0573. The molecule has 0 aliphatic rings. The lowest BCUT2D eigenvalue weighted by molar-refractivity contribution is 0.101. The fourth-order valence-electron chi connectivity index (χ4n) is 1.69. The van der Waals surface area contributed by atoms with Gasteiger partial charge < -0.3 is 10.5 Å². The van der Waals surface area contributed by atoms with Gasteiger partial charge in [0.15, 0.2) is 5.78 Å². The number of hydrogen-bond donors (Lipinski definition) is 1. The molecule has 0 aromatic heterocycles. The Balaban J connectivity index is 2.15. The third kappa shape index (κ3) is 3.58. The quantitative estimate of drug-likeness (QED) is 0.688. The monoisotopic (exact) mass is 319 g/mol. The van der Waals surface area contributed by atoms with Gasteiger partial charge in [0.1, 0.15) is 12.4 Å². The summed E-state index contributed by atoms with van der Waals surface area (Å²) in [6.07, 6.45) is 0. The van der Waals surface area contributed by atoms with Gasteiger partial charge in [-0.2, -0.15) is 0 Å². The van der Waals surface area contributed by atoms with E-state index < -0.39 is 0 Å². The zero-order chi connectivity index (χ0) is 13.8. The molecule has 0 aliphatic heterocycles. The van der Waals surface area contributed by atoms with Crippen LogP contribution in [0.4, 0.5) is 5.69 Å². The van der Waals surface area contributed by atoms with Crippen molar-refractivity contribution in [2.75, 3.05) is 5.73 Å². The van der Waals surface area contributed by atoms with E-state index in [0.29, 0.717) is 23.6 Å². The summed E-state index contributed by atoms with van der Waals surface area (Å²) >= 11 is 3.38. The second-order valence-electron chi connectivity index (χ2n) is 4.23. The molecule has 0 aliphatic carbocycles. The van der Waals surface area contributed by atoms with Crippen molar-refractivity contribution < 1.29 is 9.53 Å². The third-order valence-corrected chi connectivity index (χ3v) is 3.22. The Bertz CT molecular complexity index is 594. The summed E-state index contributed by atoms with van der Waals surface area (Å²) in [6, 6.07) is 12.9. The average Bonchev–Trinajstić information content (AvgIpc) is 2.39. The average molecular weight is 320 g/mol. The lowest BCUT2D eigenvalue weighted by Crippen LogP contribution is -2.02. The summed E-state index contributed by atoms with van der Waals surface area (Å²) in [4.78, 5) is 11.5. The fraction of sp³-hybridized carbons (Fsp3) is 0.133. The van der Waals surface area contributed by atoms with Gasteiger partial charge in [-0.05, 0) is 42.8 Å². The number of hydrogen-bond acceptors (Lipinski definition) is 3. The molecule has 3 nitrogen and oxygen atoms in total. The van der Waals surface area contributed by atoms with Crippen LogP contribution in [-0.4, -0.2) is 5.78 Å². The van der Waals surface area contributed by atoms with Gasteiger partial charge >= 0.3 is 0 Å². The Labute approximate surface area is 120 Å². The van der Waals surface area contributed by atoms with Gasteiger partial charge in [-0.1, -0.05) is 28.1 Å². The van der Waals surface area contributed by atoms with E-state index in [1.807, 2.05) is 24.3 Å². The maximum atomic E-state index is 11.5. The zero-order valence-electron chi connectivity index (χ0n) is 10.5. The topological polar surface area (TPSA) is 52.3 Å². The fourth-order valence-corrected chi connectivity index (χ4v) is 1.95. The van der Waals surface area contributed by atoms with Gasteiger partial charge in [-0.15, -0.1) is 0 Å². The molecule has 2 N–H and O–H groups in total. The van der Waals surface area contributed by atoms with Crippen LogP contribution < -0.4 is 10.5 Å². The van der Waals surface area contributed by atoms with Crippen LogP contribution in [0.25, 0.3) is 0 Å². The van der Waals surface area contributed by atoms with Crippen molar-refractivity contribution in [3.63, 3.8) is 0 Å². The number of rotatable bonds is 4. The Morgan fingerprint density at radius 2 is 1.89 bits per heavy atom. The summed E-state index contributed by atoms with van der Waals surface area (Å²) in [7, 11) is 0. The standard InChI is InChI=1S/C15H14BrNO2/c1-10(18)14-8-13(17)6-7-15(14)19-9-11-2-4-12(16)5-3-11/h2-8H,9,17H2,1H3. The molecule has 0 bridgehead atoms. The van der Waals surface area contributed by atoms with Gasteiger partial charge in [0, 0.05) is 10.2 Å². The molecule has 0 amide bonds. The molecular formula is C15H14BrNO2. The number of benzene rings is 2. The first-order valence-corrected chi connectivity index (χ1v) is 6.63. The van der Waals surface area contributed by atoms with Crippen molar-refractivity contribution in [1.82, 2.24) is 0 Å². The molecule has 0 saturated heterocycles. The number of nitrogen functional groups attached to an aromatic ring is 1. The van der Waals surface area contributed by atoms with E-state index in [2.05, 4.69) is 15.9 Å². The van der Waals surface area contributed by atoms with Crippen LogP contribution in [-0.2, 0) is 6.61 Å². The first kappa shape index (κ1) is 13.6. The van der Waals surface area contributed by atoms with Crippen LogP contribution in [0.3, 0.4) is 0 Å². The van der Waals surface area contributed by atoms with Crippen molar-refractivity contribution in [3.8, 4) is 5.75 Å². The Kier molecular flexibility index (Phi) is 4.22. The molecule has 0 spiro atoms. The normalized spacial score (nSPS) is 10.2. The molecular weight excluding hydrogens is 306 g/mol. The number of Topliss-reactive ketones (excluding diaryl/α,β-unsaturated/α-hetero) is 1. The number of ketones is 1. The van der Waals surface area contributed by atoms with Gasteiger partial charge in [0.2, 0.25) is 0 Å². The van der Waals surface area contributed by atoms with E-state index in [1.54, 1.807) is 18.2 Å². The predicted molar refractivity (Wildman–Crippen MR) is 79.3 cm³/mol. The van der Waals surface area contributed by atoms with Crippen LogP contribution >= 0.6 is 15.9 Å². The minimum Gasteiger partial charge on any atom is -0.488 e. The molecule has 0 unspecified atom stereocenters. The second-order valence-corrected chi connectivity index (χ2v) is 5.14. The summed E-state index contributed by atoms with van der Waals surface area (Å²) in [5.74, 6) is 0.503. The van der Waals surface area contributed by atoms with E-state index in [0.717, 1.165) is 10.0 Å². The molecule has 0 fully saturated rings. The van der Waals surface area contributed by atoms with Crippen molar-refractivity contribution in [2.24, 2.45) is 0 Å². The molecule has 2 rings (SSSR count). The molecule has 0 radical (unpaired) electrons. The highest BCUT2D eigenvalue weighted by Crippen LogP contribution is 2.23. The lowest BCUT2D eigenvalue weighted by Gasteiger charge is -2.10. The Morgan fingerprint density at radius 3 is 2.53 bits per heavy atom. The highest BCUT2D eigenvalue weighted by Gasteiger charge is 2.09. The number of ether oxygens (including phenoxy) is 1. The number of nitrogens with two attached hydrogens (primary N) is 1. The number of halogens is 1. The molecule has 0 saturated carbocycles.